The van der Waals surface area contributed by atoms with E-state index in [1.54, 1.807) is 24.3 Å². The molecule has 1 atom stereocenters. The number of nitriles is 1. The molecule has 6 nitrogen and oxygen atoms in total. The molecule has 1 N–H and O–H groups in total. The van der Waals surface area contributed by atoms with Gasteiger partial charge < -0.3 is 19.5 Å². The molecular formula is C24H25BrN2O4. The standard InChI is InChI=1S/C24H25BrN2O4/c1-2-29-23-13-18(7-10-22(23)31-16-17-5-8-20(25)9-6-17)12-19(14-26)24(28)27-15-21-4-3-11-30-21/h5-10,12-13,21H,2-4,11,15-16H2,1H3,(H,27,28)/b19-12+/t21-/m0/s1. The maximum Gasteiger partial charge on any atom is 0.262 e. The van der Waals surface area contributed by atoms with Crippen molar-refractivity contribution in [2.45, 2.75) is 32.5 Å². The molecule has 162 valence electrons. The molecule has 2 aromatic carbocycles. The van der Waals surface area contributed by atoms with Crippen molar-refractivity contribution in [3.8, 4) is 17.6 Å². The summed E-state index contributed by atoms with van der Waals surface area (Å²) in [5.74, 6) is 0.750. The average Bonchev–Trinajstić information content (AvgIpc) is 3.30. The fourth-order valence-corrected chi connectivity index (χ4v) is 3.43. The van der Waals surface area contributed by atoms with E-state index in [4.69, 9.17) is 14.2 Å². The maximum atomic E-state index is 12.4. The lowest BCUT2D eigenvalue weighted by Crippen LogP contribution is -2.32. The van der Waals surface area contributed by atoms with E-state index in [1.165, 1.54) is 0 Å². The fourth-order valence-electron chi connectivity index (χ4n) is 3.17. The summed E-state index contributed by atoms with van der Waals surface area (Å²) in [4.78, 5) is 12.4. The van der Waals surface area contributed by atoms with Crippen LogP contribution in [0.2, 0.25) is 0 Å². The summed E-state index contributed by atoms with van der Waals surface area (Å²) >= 11 is 3.42. The van der Waals surface area contributed by atoms with Gasteiger partial charge in [0, 0.05) is 17.6 Å². The van der Waals surface area contributed by atoms with Crippen LogP contribution in [0, 0.1) is 11.3 Å². The lowest BCUT2D eigenvalue weighted by Gasteiger charge is -2.13. The summed E-state index contributed by atoms with van der Waals surface area (Å²) in [6.45, 7) is 3.88. The van der Waals surface area contributed by atoms with Crippen LogP contribution in [0.1, 0.15) is 30.9 Å². The minimum Gasteiger partial charge on any atom is -0.490 e. The molecule has 1 heterocycles. The first-order valence-corrected chi connectivity index (χ1v) is 11.0. The number of nitrogens with zero attached hydrogens (tertiary/aromatic N) is 1. The summed E-state index contributed by atoms with van der Waals surface area (Å²) in [5.41, 5.74) is 1.75. The molecule has 7 heteroatoms. The van der Waals surface area contributed by atoms with Gasteiger partial charge in [-0.3, -0.25) is 4.79 Å². The summed E-state index contributed by atoms with van der Waals surface area (Å²) in [6, 6.07) is 15.2. The Hall–Kier alpha value is -2.82. The smallest absolute Gasteiger partial charge is 0.262 e. The zero-order chi connectivity index (χ0) is 22.1. The zero-order valence-corrected chi connectivity index (χ0v) is 19.0. The number of halogens is 1. The van der Waals surface area contributed by atoms with Crippen LogP contribution in [0.5, 0.6) is 11.5 Å². The average molecular weight is 485 g/mol. The van der Waals surface area contributed by atoms with Crippen LogP contribution in [0.25, 0.3) is 6.08 Å². The molecule has 0 aromatic heterocycles. The van der Waals surface area contributed by atoms with Crippen LogP contribution in [0.15, 0.2) is 52.5 Å². The maximum absolute atomic E-state index is 12.4. The van der Waals surface area contributed by atoms with E-state index in [2.05, 4.69) is 21.2 Å². The Bertz CT molecular complexity index is 961. The van der Waals surface area contributed by atoms with Gasteiger partial charge in [-0.1, -0.05) is 34.1 Å². The third kappa shape index (κ3) is 6.84. The first kappa shape index (κ1) is 22.9. The zero-order valence-electron chi connectivity index (χ0n) is 17.4. The summed E-state index contributed by atoms with van der Waals surface area (Å²) in [7, 11) is 0. The van der Waals surface area contributed by atoms with Crippen LogP contribution in [0.3, 0.4) is 0 Å². The van der Waals surface area contributed by atoms with Gasteiger partial charge in [-0.05, 0) is 61.2 Å². The summed E-state index contributed by atoms with van der Waals surface area (Å²) in [5, 5.41) is 12.2. The Morgan fingerprint density at radius 3 is 2.74 bits per heavy atom. The Labute approximate surface area is 190 Å². The van der Waals surface area contributed by atoms with Crippen LogP contribution < -0.4 is 14.8 Å². The number of rotatable bonds is 9. The molecule has 1 saturated heterocycles. The lowest BCUT2D eigenvalue weighted by atomic mass is 10.1. The van der Waals surface area contributed by atoms with Crippen LogP contribution >= 0.6 is 15.9 Å². The van der Waals surface area contributed by atoms with Crippen molar-refractivity contribution in [2.75, 3.05) is 19.8 Å². The van der Waals surface area contributed by atoms with Crippen molar-refractivity contribution < 1.29 is 19.0 Å². The van der Waals surface area contributed by atoms with Gasteiger partial charge >= 0.3 is 0 Å². The van der Waals surface area contributed by atoms with Crippen molar-refractivity contribution in [3.63, 3.8) is 0 Å². The van der Waals surface area contributed by atoms with Crippen molar-refractivity contribution in [1.82, 2.24) is 5.32 Å². The van der Waals surface area contributed by atoms with Crippen LogP contribution in [0.4, 0.5) is 0 Å². The molecule has 0 aliphatic carbocycles. The van der Waals surface area contributed by atoms with E-state index in [9.17, 15) is 10.1 Å². The number of ether oxygens (including phenoxy) is 3. The Kier molecular flexibility index (Phi) is 8.51. The van der Waals surface area contributed by atoms with Gasteiger partial charge in [0.15, 0.2) is 11.5 Å². The van der Waals surface area contributed by atoms with E-state index < -0.39 is 5.91 Å². The van der Waals surface area contributed by atoms with Crippen molar-refractivity contribution in [1.29, 1.82) is 5.26 Å². The molecule has 1 amide bonds. The fraction of sp³-hybridized carbons (Fsp3) is 0.333. The Balaban J connectivity index is 1.69. The third-order valence-electron chi connectivity index (χ3n) is 4.77. The molecular weight excluding hydrogens is 460 g/mol. The van der Waals surface area contributed by atoms with E-state index in [0.29, 0.717) is 36.8 Å². The van der Waals surface area contributed by atoms with Crippen molar-refractivity contribution in [3.05, 3.63) is 63.6 Å². The van der Waals surface area contributed by atoms with Gasteiger partial charge in [0.1, 0.15) is 18.2 Å². The third-order valence-corrected chi connectivity index (χ3v) is 5.29. The van der Waals surface area contributed by atoms with Gasteiger partial charge in [0.05, 0.1) is 12.7 Å². The topological polar surface area (TPSA) is 80.6 Å². The Morgan fingerprint density at radius 2 is 2.06 bits per heavy atom. The van der Waals surface area contributed by atoms with Gasteiger partial charge in [-0.2, -0.15) is 5.26 Å². The van der Waals surface area contributed by atoms with Crippen molar-refractivity contribution in [2.24, 2.45) is 0 Å². The van der Waals surface area contributed by atoms with Crippen LogP contribution in [-0.4, -0.2) is 31.8 Å². The summed E-state index contributed by atoms with van der Waals surface area (Å²) < 4.78 is 18.2. The van der Waals surface area contributed by atoms with Gasteiger partial charge in [0.2, 0.25) is 0 Å². The number of benzene rings is 2. The number of carbonyl (C=O) groups is 1. The lowest BCUT2D eigenvalue weighted by molar-refractivity contribution is -0.117. The van der Waals surface area contributed by atoms with E-state index >= 15 is 0 Å². The minimum atomic E-state index is -0.411. The first-order chi connectivity index (χ1) is 15.1. The molecule has 0 unspecified atom stereocenters. The molecule has 2 aromatic rings. The molecule has 1 fully saturated rings. The molecule has 3 rings (SSSR count). The molecule has 0 spiro atoms. The quantitative estimate of drug-likeness (QED) is 0.414. The van der Waals surface area contributed by atoms with Gasteiger partial charge in [0.25, 0.3) is 5.91 Å². The monoisotopic (exact) mass is 484 g/mol. The van der Waals surface area contributed by atoms with E-state index in [1.807, 2.05) is 37.3 Å². The largest absolute Gasteiger partial charge is 0.490 e. The highest BCUT2D eigenvalue weighted by atomic mass is 79.9. The number of amides is 1. The van der Waals surface area contributed by atoms with E-state index in [0.717, 1.165) is 29.5 Å². The molecule has 0 bridgehead atoms. The highest BCUT2D eigenvalue weighted by Crippen LogP contribution is 2.30. The normalized spacial score (nSPS) is 15.9. The number of hydrogen-bond acceptors (Lipinski definition) is 5. The second kappa shape index (κ2) is 11.5. The molecule has 31 heavy (non-hydrogen) atoms. The first-order valence-electron chi connectivity index (χ1n) is 10.2. The number of hydrogen-bond donors (Lipinski definition) is 1. The number of nitrogens with one attached hydrogen (secondary N) is 1. The van der Waals surface area contributed by atoms with E-state index in [-0.39, 0.29) is 11.7 Å². The Morgan fingerprint density at radius 1 is 1.26 bits per heavy atom. The second-order valence-corrected chi connectivity index (χ2v) is 7.98. The SMILES string of the molecule is CCOc1cc(/C=C(\C#N)C(=O)NC[C@@H]2CCCO2)ccc1OCc1ccc(Br)cc1. The predicted molar refractivity (Wildman–Crippen MR) is 122 cm³/mol. The highest BCUT2D eigenvalue weighted by Gasteiger charge is 2.18. The van der Waals surface area contributed by atoms with Crippen molar-refractivity contribution >= 4 is 27.9 Å². The molecule has 0 radical (unpaired) electrons. The van der Waals surface area contributed by atoms with Gasteiger partial charge in [-0.15, -0.1) is 0 Å². The summed E-state index contributed by atoms with van der Waals surface area (Å²) in [6.07, 6.45) is 3.49. The minimum absolute atomic E-state index is 0.0237. The molecule has 1 aliphatic heterocycles. The number of carbonyl (C=O) groups excluding carboxylic acids is 1. The second-order valence-electron chi connectivity index (χ2n) is 7.07. The predicted octanol–water partition coefficient (Wildman–Crippen LogP) is 4.63. The van der Waals surface area contributed by atoms with Gasteiger partial charge in [-0.25, -0.2) is 0 Å². The van der Waals surface area contributed by atoms with Crippen LogP contribution in [-0.2, 0) is 16.1 Å². The molecule has 0 saturated carbocycles. The highest BCUT2D eigenvalue weighted by molar-refractivity contribution is 9.10. The molecule has 1 aliphatic rings.